The summed E-state index contributed by atoms with van der Waals surface area (Å²) in [6, 6.07) is 13.4. The first-order valence-electron chi connectivity index (χ1n) is 13.1. The first kappa shape index (κ1) is 32.2. The Morgan fingerprint density at radius 2 is 1.57 bits per heavy atom. The summed E-state index contributed by atoms with van der Waals surface area (Å²) in [4.78, 5) is 12.1. The highest BCUT2D eigenvalue weighted by molar-refractivity contribution is 6.62. The Hall–Kier alpha value is -2.83. The van der Waals surface area contributed by atoms with Crippen molar-refractivity contribution in [2.75, 3.05) is 13.2 Å². The molecule has 0 aromatic heterocycles. The molecule has 1 aliphatic heterocycles. The van der Waals surface area contributed by atoms with Gasteiger partial charge < -0.3 is 19.4 Å². The molecule has 1 aliphatic rings. The number of rotatable bonds is 7. The fourth-order valence-corrected chi connectivity index (χ4v) is 3.35. The highest BCUT2D eigenvalue weighted by Crippen LogP contribution is 2.36. The molecule has 0 bridgehead atoms. The molecule has 2 aromatic rings. The van der Waals surface area contributed by atoms with Gasteiger partial charge in [0.1, 0.15) is 12.4 Å². The average Bonchev–Trinajstić information content (AvgIpc) is 3.05. The lowest BCUT2D eigenvalue weighted by atomic mass is 9.76. The minimum absolute atomic E-state index is 0.0964. The summed E-state index contributed by atoms with van der Waals surface area (Å²) in [7, 11) is -0.386. The van der Waals surface area contributed by atoms with Crippen LogP contribution in [0.3, 0.4) is 0 Å². The lowest BCUT2D eigenvalue weighted by molar-refractivity contribution is 0.00578. The van der Waals surface area contributed by atoms with Gasteiger partial charge in [0, 0.05) is 5.56 Å². The summed E-state index contributed by atoms with van der Waals surface area (Å²) in [6.45, 7) is 24.6. The molecule has 2 aromatic carbocycles. The third-order valence-corrected chi connectivity index (χ3v) is 6.17. The monoisotopic (exact) mass is 507 g/mol. The molecule has 1 saturated heterocycles. The van der Waals surface area contributed by atoms with E-state index in [-0.39, 0.29) is 24.2 Å². The second-order valence-electron chi connectivity index (χ2n) is 10.1. The van der Waals surface area contributed by atoms with Gasteiger partial charge in [-0.2, -0.15) is 0 Å². The molecule has 3 rings (SSSR count). The van der Waals surface area contributed by atoms with Crippen molar-refractivity contribution in [2.24, 2.45) is 0 Å². The van der Waals surface area contributed by atoms with Crippen LogP contribution in [0.1, 0.15) is 76.9 Å². The van der Waals surface area contributed by atoms with E-state index in [0.29, 0.717) is 18.7 Å². The molecule has 0 saturated carbocycles. The highest BCUT2D eigenvalue weighted by Gasteiger charge is 2.52. The maximum absolute atomic E-state index is 12.1. The number of carbonyl (C=O) groups excluding carboxylic acids is 1. The van der Waals surface area contributed by atoms with E-state index < -0.39 is 0 Å². The summed E-state index contributed by atoms with van der Waals surface area (Å²) in [5.74, 6) is 0.660. The van der Waals surface area contributed by atoms with Crippen LogP contribution in [0.2, 0.25) is 0 Å². The predicted octanol–water partition coefficient (Wildman–Crippen LogP) is 6.58. The molecule has 37 heavy (non-hydrogen) atoms. The summed E-state index contributed by atoms with van der Waals surface area (Å²) in [6.07, 6.45) is 3.76. The fraction of sp³-hybridized carbons (Fsp3) is 0.452. The Kier molecular flexibility index (Phi) is 12.9. The van der Waals surface area contributed by atoms with Gasteiger partial charge in [-0.3, -0.25) is 4.79 Å². The number of benzene rings is 2. The molecule has 5 nitrogen and oxygen atoms in total. The van der Waals surface area contributed by atoms with Gasteiger partial charge in [0.2, 0.25) is 0 Å². The second kappa shape index (κ2) is 14.8. The SMILES string of the molecule is C=CC=C(C)C.CC.Cc1ccc(C(=O)NCCOc2ccc(B3OC(C)(C)C(C)(C)O3)c(C)c2)cc1. The Labute approximate surface area is 225 Å². The number of nitrogens with one attached hydrogen (secondary N) is 1. The van der Waals surface area contributed by atoms with Gasteiger partial charge in [-0.25, -0.2) is 0 Å². The Bertz CT molecular complexity index is 1020. The van der Waals surface area contributed by atoms with Crippen molar-refractivity contribution in [3.63, 3.8) is 0 Å². The highest BCUT2D eigenvalue weighted by atomic mass is 16.7. The van der Waals surface area contributed by atoms with Crippen LogP contribution in [-0.4, -0.2) is 37.4 Å². The maximum Gasteiger partial charge on any atom is 0.495 e. The van der Waals surface area contributed by atoms with Gasteiger partial charge in [-0.05, 0) is 90.7 Å². The summed E-state index contributed by atoms with van der Waals surface area (Å²) in [5.41, 5.74) is 4.39. The number of ether oxygens (including phenoxy) is 1. The maximum atomic E-state index is 12.1. The topological polar surface area (TPSA) is 56.8 Å². The zero-order chi connectivity index (χ0) is 28.2. The van der Waals surface area contributed by atoms with E-state index in [9.17, 15) is 4.79 Å². The number of allylic oxidation sites excluding steroid dienone is 3. The van der Waals surface area contributed by atoms with E-state index in [0.717, 1.165) is 22.3 Å². The smallest absolute Gasteiger partial charge is 0.492 e. The van der Waals surface area contributed by atoms with Crippen molar-refractivity contribution in [3.8, 4) is 5.75 Å². The Morgan fingerprint density at radius 3 is 2.03 bits per heavy atom. The summed E-state index contributed by atoms with van der Waals surface area (Å²) in [5, 5.41) is 2.87. The van der Waals surface area contributed by atoms with Crippen LogP contribution in [0.5, 0.6) is 5.75 Å². The minimum Gasteiger partial charge on any atom is -0.492 e. The van der Waals surface area contributed by atoms with E-state index >= 15 is 0 Å². The molecule has 6 heteroatoms. The standard InChI is InChI=1S/C23H30BNO4.C6H10.C2H6/c1-16-7-9-18(10-8-16)21(26)25-13-14-27-19-11-12-20(17(2)15-19)24-28-22(3,4)23(5,6)29-24;1-4-5-6(2)3;1-2/h7-12,15H,13-14H2,1-6H3,(H,25,26);4-5H,1H2,2-3H3;1-2H3. The van der Waals surface area contributed by atoms with Crippen LogP contribution in [0, 0.1) is 13.8 Å². The van der Waals surface area contributed by atoms with E-state index in [2.05, 4.69) is 11.9 Å². The fourth-order valence-electron chi connectivity index (χ4n) is 3.35. The first-order chi connectivity index (χ1) is 17.4. The zero-order valence-corrected chi connectivity index (χ0v) is 24.5. The molecule has 1 fully saturated rings. The van der Waals surface area contributed by atoms with Gasteiger partial charge in [0.05, 0.1) is 17.7 Å². The van der Waals surface area contributed by atoms with Crippen molar-refractivity contribution < 1.29 is 18.8 Å². The number of aryl methyl sites for hydroxylation is 2. The van der Waals surface area contributed by atoms with Crippen molar-refractivity contribution in [1.82, 2.24) is 5.32 Å². The molecule has 0 spiro atoms. The molecule has 0 radical (unpaired) electrons. The number of hydrogen-bond donors (Lipinski definition) is 1. The van der Waals surface area contributed by atoms with Gasteiger partial charge in [-0.15, -0.1) is 0 Å². The minimum atomic E-state index is -0.386. The molecule has 1 N–H and O–H groups in total. The molecule has 1 amide bonds. The third kappa shape index (κ3) is 9.86. The first-order valence-corrected chi connectivity index (χ1v) is 13.1. The van der Waals surface area contributed by atoms with Gasteiger partial charge >= 0.3 is 7.12 Å². The number of hydrogen-bond acceptors (Lipinski definition) is 4. The van der Waals surface area contributed by atoms with Crippen LogP contribution in [0.15, 0.2) is 66.8 Å². The number of amides is 1. The molecule has 202 valence electrons. The third-order valence-electron chi connectivity index (χ3n) is 6.17. The van der Waals surface area contributed by atoms with E-state index in [1.165, 1.54) is 5.57 Å². The molecule has 0 unspecified atom stereocenters. The van der Waals surface area contributed by atoms with Crippen LogP contribution in [-0.2, 0) is 9.31 Å². The lowest BCUT2D eigenvalue weighted by Crippen LogP contribution is -2.41. The van der Waals surface area contributed by atoms with Gasteiger partial charge in [0.15, 0.2) is 0 Å². The molecule has 0 aliphatic carbocycles. The van der Waals surface area contributed by atoms with Crippen LogP contribution < -0.4 is 15.5 Å². The zero-order valence-electron chi connectivity index (χ0n) is 24.5. The second-order valence-corrected chi connectivity index (χ2v) is 10.1. The lowest BCUT2D eigenvalue weighted by Gasteiger charge is -2.32. The van der Waals surface area contributed by atoms with Crippen LogP contribution >= 0.6 is 0 Å². The Balaban J connectivity index is 0.000000752. The average molecular weight is 508 g/mol. The van der Waals surface area contributed by atoms with Crippen molar-refractivity contribution in [2.45, 2.75) is 80.4 Å². The van der Waals surface area contributed by atoms with Crippen LogP contribution in [0.4, 0.5) is 0 Å². The van der Waals surface area contributed by atoms with E-state index in [1.54, 1.807) is 6.08 Å². The molecular formula is C31H46BNO4. The van der Waals surface area contributed by atoms with Crippen molar-refractivity contribution in [1.29, 1.82) is 0 Å². The van der Waals surface area contributed by atoms with E-state index in [4.69, 9.17) is 14.0 Å². The molecule has 0 atom stereocenters. The normalized spacial score (nSPS) is 14.8. The van der Waals surface area contributed by atoms with Crippen LogP contribution in [0.25, 0.3) is 0 Å². The predicted molar refractivity (Wildman–Crippen MR) is 157 cm³/mol. The molecular weight excluding hydrogens is 461 g/mol. The summed E-state index contributed by atoms with van der Waals surface area (Å²) >= 11 is 0. The van der Waals surface area contributed by atoms with Gasteiger partial charge in [-0.1, -0.05) is 61.9 Å². The van der Waals surface area contributed by atoms with Crippen molar-refractivity contribution in [3.05, 3.63) is 83.5 Å². The largest absolute Gasteiger partial charge is 0.495 e. The quantitative estimate of drug-likeness (QED) is 0.261. The number of carbonyl (C=O) groups is 1. The van der Waals surface area contributed by atoms with Crippen molar-refractivity contribution >= 4 is 18.5 Å². The summed E-state index contributed by atoms with van der Waals surface area (Å²) < 4.78 is 18.1. The van der Waals surface area contributed by atoms with Gasteiger partial charge in [0.25, 0.3) is 5.91 Å². The Morgan fingerprint density at radius 1 is 1.00 bits per heavy atom. The molecule has 1 heterocycles. The van der Waals surface area contributed by atoms with E-state index in [1.807, 2.05) is 118 Å².